The zero-order valence-electron chi connectivity index (χ0n) is 42.3. The van der Waals surface area contributed by atoms with Gasteiger partial charge in [-0.15, -0.1) is 11.3 Å². The van der Waals surface area contributed by atoms with E-state index >= 15 is 0 Å². The Bertz CT molecular complexity index is 3340. The van der Waals surface area contributed by atoms with Crippen LogP contribution in [0.15, 0.2) is 91.5 Å². The minimum absolute atomic E-state index is 0.0419. The molecule has 6 N–H and O–H groups in total. The van der Waals surface area contributed by atoms with Crippen LogP contribution >= 0.6 is 11.3 Å². The summed E-state index contributed by atoms with van der Waals surface area (Å²) in [6.07, 6.45) is 20.5. The minimum Gasteiger partial charge on any atom is -0.359 e. The molecule has 20 nitrogen and oxygen atoms in total. The van der Waals surface area contributed by atoms with Crippen LogP contribution < -0.4 is 21.3 Å². The number of benzene rings is 2. The van der Waals surface area contributed by atoms with Crippen LogP contribution in [0.25, 0.3) is 50.0 Å². The summed E-state index contributed by atoms with van der Waals surface area (Å²) < 4.78 is 3.54. The number of amides is 4. The number of carbonyl (C=O) groups excluding carboxylic acids is 4. The molecular formula is C53H62N16O4S. The molecule has 384 valence electrons. The molecule has 21 heteroatoms. The average molecular weight is 1020 g/mol. The molecule has 2 aromatic carbocycles. The quantitative estimate of drug-likeness (QED) is 0.0356. The van der Waals surface area contributed by atoms with Crippen LogP contribution in [0.5, 0.6) is 0 Å². The Morgan fingerprint density at radius 1 is 0.662 bits per heavy atom. The van der Waals surface area contributed by atoms with E-state index in [1.807, 2.05) is 62.4 Å². The van der Waals surface area contributed by atoms with Crippen LogP contribution in [0.4, 0.5) is 0 Å². The van der Waals surface area contributed by atoms with E-state index in [0.29, 0.717) is 60.8 Å². The van der Waals surface area contributed by atoms with Gasteiger partial charge in [0.15, 0.2) is 0 Å². The van der Waals surface area contributed by atoms with E-state index in [1.54, 1.807) is 42.7 Å². The maximum atomic E-state index is 13.2. The van der Waals surface area contributed by atoms with E-state index in [-0.39, 0.29) is 35.7 Å². The number of carbonyl (C=O) groups is 4. The molecule has 0 saturated heterocycles. The number of fused-ring (bicyclic) bond motifs is 3. The van der Waals surface area contributed by atoms with E-state index < -0.39 is 0 Å². The number of hydrogen-bond donors (Lipinski definition) is 6. The molecule has 7 heterocycles. The molecule has 0 aliphatic rings. The predicted octanol–water partition coefficient (Wildman–Crippen LogP) is 7.75. The summed E-state index contributed by atoms with van der Waals surface area (Å²) in [6.45, 7) is 3.90. The first-order valence-electron chi connectivity index (χ1n) is 24.9. The fourth-order valence-corrected chi connectivity index (χ4v) is 9.43. The lowest BCUT2D eigenvalue weighted by Crippen LogP contribution is -2.29. The van der Waals surface area contributed by atoms with Crippen molar-refractivity contribution in [1.29, 1.82) is 0 Å². The predicted molar refractivity (Wildman–Crippen MR) is 284 cm³/mol. The Hall–Kier alpha value is -8.20. The molecule has 4 amide bonds. The molecule has 9 rings (SSSR count). The molecule has 0 aliphatic carbocycles. The van der Waals surface area contributed by atoms with Gasteiger partial charge in [0.2, 0.25) is 17.7 Å². The second-order valence-corrected chi connectivity index (χ2v) is 19.0. The first-order chi connectivity index (χ1) is 36.0. The molecule has 0 bridgehead atoms. The molecule has 0 aliphatic heterocycles. The number of aryl methyl sites for hydroxylation is 3. The van der Waals surface area contributed by atoms with Gasteiger partial charge in [-0.3, -0.25) is 33.8 Å². The Balaban J connectivity index is 0.000000202. The van der Waals surface area contributed by atoms with Crippen LogP contribution in [0.2, 0.25) is 0 Å². The van der Waals surface area contributed by atoms with E-state index in [1.165, 1.54) is 17.7 Å². The fraction of sp³-hybridized carbons (Fsp3) is 0.358. The topological polar surface area (TPSA) is 260 Å². The van der Waals surface area contributed by atoms with E-state index in [2.05, 4.69) is 95.6 Å². The SMILES string of the molecule is CNC(=O)CCCCC[C@H](NC(=O)CCc1c(C)nc2ncnn2c1C)c1ncc(-c2ccc3ccncc3c2)[nH]1.CNC(=O)CCCCC[C@H](NC(=O)c1cncs1)c1ncc(-c2ccc3c(cnn3C)c2)[nH]1. The largest absolute Gasteiger partial charge is 0.359 e. The Morgan fingerprint density at radius 2 is 1.32 bits per heavy atom. The lowest BCUT2D eigenvalue weighted by Gasteiger charge is -2.17. The lowest BCUT2D eigenvalue weighted by molar-refractivity contribution is -0.122. The van der Waals surface area contributed by atoms with Crippen molar-refractivity contribution >= 4 is 62.4 Å². The summed E-state index contributed by atoms with van der Waals surface area (Å²) in [5.74, 6) is 1.84. The summed E-state index contributed by atoms with van der Waals surface area (Å²) in [4.78, 5) is 82.5. The van der Waals surface area contributed by atoms with Gasteiger partial charge in [-0.2, -0.15) is 15.2 Å². The molecule has 0 fully saturated rings. The molecule has 2 atom stereocenters. The summed E-state index contributed by atoms with van der Waals surface area (Å²) in [5.41, 5.74) is 9.25. The van der Waals surface area contributed by atoms with Crippen molar-refractivity contribution in [2.24, 2.45) is 7.05 Å². The zero-order valence-corrected chi connectivity index (χ0v) is 43.1. The number of unbranched alkanes of at least 4 members (excludes halogenated alkanes) is 4. The number of nitrogens with zero attached hydrogens (tertiary/aromatic N) is 10. The highest BCUT2D eigenvalue weighted by Gasteiger charge is 2.22. The minimum atomic E-state index is -0.281. The highest BCUT2D eigenvalue weighted by molar-refractivity contribution is 7.11. The van der Waals surface area contributed by atoms with Gasteiger partial charge in [0.1, 0.15) is 22.9 Å². The van der Waals surface area contributed by atoms with Gasteiger partial charge in [-0.05, 0) is 81.2 Å². The second kappa shape index (κ2) is 25.0. The van der Waals surface area contributed by atoms with Crippen molar-refractivity contribution in [3.05, 3.63) is 125 Å². The third-order valence-electron chi connectivity index (χ3n) is 13.1. The fourth-order valence-electron chi connectivity index (χ4n) is 8.91. The first kappa shape index (κ1) is 52.1. The summed E-state index contributed by atoms with van der Waals surface area (Å²) in [6, 6.07) is 13.8. The summed E-state index contributed by atoms with van der Waals surface area (Å²) in [5, 5.41) is 23.4. The van der Waals surface area contributed by atoms with Crippen molar-refractivity contribution in [3.8, 4) is 22.5 Å². The van der Waals surface area contributed by atoms with Gasteiger partial charge in [0, 0.05) is 86.1 Å². The molecule has 7 aromatic heterocycles. The van der Waals surface area contributed by atoms with Crippen molar-refractivity contribution in [1.82, 2.24) is 80.5 Å². The van der Waals surface area contributed by atoms with E-state index in [4.69, 9.17) is 0 Å². The molecule has 0 radical (unpaired) electrons. The Kier molecular flexibility index (Phi) is 17.6. The van der Waals surface area contributed by atoms with Gasteiger partial charge in [0.05, 0.1) is 59.3 Å². The van der Waals surface area contributed by atoms with Gasteiger partial charge in [-0.25, -0.2) is 19.5 Å². The molecule has 0 unspecified atom stereocenters. The Morgan fingerprint density at radius 3 is 1.99 bits per heavy atom. The number of pyridine rings is 1. The van der Waals surface area contributed by atoms with Crippen LogP contribution in [0.1, 0.15) is 121 Å². The molecule has 74 heavy (non-hydrogen) atoms. The second-order valence-electron chi connectivity index (χ2n) is 18.1. The number of H-pyrrole nitrogens is 2. The molecule has 0 spiro atoms. The maximum absolute atomic E-state index is 13.2. The maximum Gasteiger partial charge on any atom is 0.263 e. The smallest absolute Gasteiger partial charge is 0.263 e. The normalized spacial score (nSPS) is 12.1. The summed E-state index contributed by atoms with van der Waals surface area (Å²) in [7, 11) is 5.22. The van der Waals surface area contributed by atoms with Crippen molar-refractivity contribution in [2.75, 3.05) is 14.1 Å². The number of aromatic nitrogens is 12. The van der Waals surface area contributed by atoms with Gasteiger partial charge >= 0.3 is 0 Å². The van der Waals surface area contributed by atoms with Crippen molar-refractivity contribution in [3.63, 3.8) is 0 Å². The number of thiazole rings is 1. The lowest BCUT2D eigenvalue weighted by atomic mass is 10.0. The van der Waals surface area contributed by atoms with Crippen molar-refractivity contribution in [2.45, 2.75) is 103 Å². The Labute approximate surface area is 432 Å². The van der Waals surface area contributed by atoms with E-state index in [9.17, 15) is 19.2 Å². The highest BCUT2D eigenvalue weighted by atomic mass is 32.1. The van der Waals surface area contributed by atoms with Gasteiger partial charge in [0.25, 0.3) is 11.7 Å². The van der Waals surface area contributed by atoms with Crippen LogP contribution in [-0.4, -0.2) is 97.0 Å². The standard InChI is InChI=1S/C30H35N9O2.C23H27N7O2S/c1-19-24(20(2)39-30(36-19)34-18-35-39)11-12-28(41)37-25(7-5-4-6-8-27(40)31-3)29-33-17-26(38-29)22-10-9-21-13-14-32-16-23(21)15-22;1-24-21(31)7-5-3-4-6-17(29-23(32)20-13-25-14-33-20)22-26-12-18(28-22)15-8-9-19-16(10-15)11-27-30(19)2/h9-10,13-18,25H,4-8,11-12H2,1-3H3,(H,31,40)(H,33,38)(H,37,41);8-14,17H,3-7H2,1-2H3,(H,24,31)(H,26,28)(H,29,32)/t25-;17-/m00/s1. The summed E-state index contributed by atoms with van der Waals surface area (Å²) >= 11 is 1.30. The van der Waals surface area contributed by atoms with Crippen LogP contribution in [0, 0.1) is 13.8 Å². The van der Waals surface area contributed by atoms with E-state index in [0.717, 1.165) is 99.7 Å². The number of imidazole rings is 2. The van der Waals surface area contributed by atoms with Crippen molar-refractivity contribution < 1.29 is 19.2 Å². The van der Waals surface area contributed by atoms with Crippen LogP contribution in [0.3, 0.4) is 0 Å². The number of hydrogen-bond acceptors (Lipinski definition) is 13. The number of nitrogens with one attached hydrogen (secondary N) is 6. The molecular weight excluding hydrogens is 957 g/mol. The monoisotopic (exact) mass is 1020 g/mol. The number of rotatable bonds is 22. The van der Waals surface area contributed by atoms with Gasteiger partial charge < -0.3 is 31.2 Å². The highest BCUT2D eigenvalue weighted by Crippen LogP contribution is 2.28. The van der Waals surface area contributed by atoms with Gasteiger partial charge in [-0.1, -0.05) is 43.9 Å². The first-order valence-corrected chi connectivity index (χ1v) is 25.8. The average Bonchev–Trinajstić information content (AvgIpc) is 4.29. The molecule has 0 saturated carbocycles. The molecule has 9 aromatic rings. The third-order valence-corrected chi connectivity index (χ3v) is 13.9. The zero-order chi connectivity index (χ0) is 52.0. The number of aromatic amines is 2. The third kappa shape index (κ3) is 13.3. The van der Waals surface area contributed by atoms with Crippen LogP contribution in [-0.2, 0) is 27.9 Å².